The molecular formula is H2N2O6Sr. The molecule has 0 aliphatic rings. The molecular weight excluding hydrogens is 212 g/mol. The number of rotatable bonds is 0. The molecule has 2 radical (unpaired) electrons. The van der Waals surface area contributed by atoms with Crippen LogP contribution in [0.15, 0.2) is 0 Å². The van der Waals surface area contributed by atoms with Gasteiger partial charge in [0.1, 0.15) is 0 Å². The molecule has 50 valence electrons. The Morgan fingerprint density at radius 1 is 1.00 bits per heavy atom. The second-order valence-corrected chi connectivity index (χ2v) is 0.476. The molecule has 0 rings (SSSR count). The predicted molar refractivity (Wildman–Crippen MR) is 23.3 cm³/mol. The van der Waals surface area contributed by atoms with Crippen molar-refractivity contribution in [1.82, 2.24) is 0 Å². The Morgan fingerprint density at radius 2 is 1.00 bits per heavy atom. The monoisotopic (exact) mass is 214 g/mol. The largest absolute Gasteiger partial charge is 0.328 e. The normalized spacial score (nSPS) is 5.33. The fourth-order valence-electron chi connectivity index (χ4n) is 0. The number of hydrogen-bond donors (Lipinski definition) is 2. The van der Waals surface area contributed by atoms with Gasteiger partial charge in [-0.25, -0.2) is 0 Å². The topological polar surface area (TPSA) is 127 Å². The molecule has 0 saturated carbocycles. The van der Waals surface area contributed by atoms with Gasteiger partial charge in [0.15, 0.2) is 0 Å². The van der Waals surface area contributed by atoms with Crippen LogP contribution in [0.5, 0.6) is 0 Å². The van der Waals surface area contributed by atoms with Crippen LogP contribution in [0.1, 0.15) is 0 Å². The van der Waals surface area contributed by atoms with E-state index >= 15 is 0 Å². The summed E-state index contributed by atoms with van der Waals surface area (Å²) in [4.78, 5) is 16.7. The minimum absolute atomic E-state index is 0. The molecule has 0 aliphatic carbocycles. The van der Waals surface area contributed by atoms with E-state index in [0.717, 1.165) is 0 Å². The Labute approximate surface area is 85.6 Å². The number of hydrogen-bond acceptors (Lipinski definition) is 4. The van der Waals surface area contributed by atoms with E-state index in [2.05, 4.69) is 0 Å². The Kier molecular flexibility index (Phi) is 19.1. The quantitative estimate of drug-likeness (QED) is 0.300. The van der Waals surface area contributed by atoms with Crippen LogP contribution in [-0.2, 0) is 0 Å². The van der Waals surface area contributed by atoms with Crippen LogP contribution >= 0.6 is 0 Å². The zero-order valence-corrected chi connectivity index (χ0v) is 7.61. The van der Waals surface area contributed by atoms with E-state index in [9.17, 15) is 0 Å². The van der Waals surface area contributed by atoms with Gasteiger partial charge in [-0.05, 0) is 0 Å². The van der Waals surface area contributed by atoms with Gasteiger partial charge in [-0.3, -0.25) is 0 Å². The van der Waals surface area contributed by atoms with Crippen LogP contribution in [0.25, 0.3) is 0 Å². The van der Waals surface area contributed by atoms with Gasteiger partial charge in [0, 0.05) is 45.5 Å². The Hall–Kier alpha value is -0.119. The van der Waals surface area contributed by atoms with Crippen molar-refractivity contribution in [3.63, 3.8) is 0 Å². The average molecular weight is 214 g/mol. The van der Waals surface area contributed by atoms with E-state index in [-0.39, 0.29) is 45.5 Å². The van der Waals surface area contributed by atoms with Crippen molar-refractivity contribution in [2.45, 2.75) is 0 Å². The summed E-state index contributed by atoms with van der Waals surface area (Å²) in [6.45, 7) is 0. The van der Waals surface area contributed by atoms with Gasteiger partial charge in [-0.15, -0.1) is 20.2 Å². The van der Waals surface area contributed by atoms with Crippen molar-refractivity contribution >= 4 is 45.5 Å². The molecule has 2 N–H and O–H groups in total. The maximum Gasteiger partial charge on any atom is 0.291 e. The first-order valence-corrected chi connectivity index (χ1v) is 1.13. The average Bonchev–Trinajstić information content (AvgIpc) is 1.25. The van der Waals surface area contributed by atoms with Crippen molar-refractivity contribution in [3.8, 4) is 0 Å². The zero-order chi connectivity index (χ0) is 7.15. The van der Waals surface area contributed by atoms with Crippen molar-refractivity contribution < 1.29 is 20.6 Å². The van der Waals surface area contributed by atoms with E-state index in [4.69, 9.17) is 30.6 Å². The molecule has 0 spiro atoms. The van der Waals surface area contributed by atoms with Gasteiger partial charge in [-0.1, -0.05) is 0 Å². The summed E-state index contributed by atoms with van der Waals surface area (Å²) in [5.41, 5.74) is 0. The van der Waals surface area contributed by atoms with E-state index in [0.29, 0.717) is 0 Å². The Balaban J connectivity index is -0.0000000720. The van der Waals surface area contributed by atoms with Crippen LogP contribution in [0.3, 0.4) is 0 Å². The van der Waals surface area contributed by atoms with Crippen molar-refractivity contribution in [2.75, 3.05) is 0 Å². The number of nitrogens with zero attached hydrogens (tertiary/aromatic N) is 2. The summed E-state index contributed by atoms with van der Waals surface area (Å²) in [5.74, 6) is 0. The van der Waals surface area contributed by atoms with Gasteiger partial charge >= 0.3 is 0 Å². The zero-order valence-electron chi connectivity index (χ0n) is 4.13. The fourth-order valence-corrected chi connectivity index (χ4v) is 0. The third-order valence-electron chi connectivity index (χ3n) is 0. The molecule has 0 unspecified atom stereocenters. The summed E-state index contributed by atoms with van der Waals surface area (Å²) in [7, 11) is 0. The molecule has 0 aromatic rings. The second kappa shape index (κ2) is 10.8. The van der Waals surface area contributed by atoms with Crippen molar-refractivity contribution in [3.05, 3.63) is 20.2 Å². The molecule has 0 heterocycles. The third kappa shape index (κ3) is 19100. The van der Waals surface area contributed by atoms with Gasteiger partial charge < -0.3 is 10.4 Å². The van der Waals surface area contributed by atoms with Gasteiger partial charge in [-0.2, -0.15) is 0 Å². The fraction of sp³-hybridized carbons (Fsp3) is 0. The van der Waals surface area contributed by atoms with E-state index in [1.54, 1.807) is 0 Å². The molecule has 0 aromatic carbocycles. The maximum atomic E-state index is 8.36. The summed E-state index contributed by atoms with van der Waals surface area (Å²) in [6.07, 6.45) is 0. The van der Waals surface area contributed by atoms with E-state index in [1.165, 1.54) is 0 Å². The summed E-state index contributed by atoms with van der Waals surface area (Å²) in [6, 6.07) is 0. The van der Waals surface area contributed by atoms with Gasteiger partial charge in [0.25, 0.3) is 10.2 Å². The molecule has 0 fully saturated rings. The van der Waals surface area contributed by atoms with Crippen molar-refractivity contribution in [2.24, 2.45) is 0 Å². The van der Waals surface area contributed by atoms with Crippen LogP contribution < -0.4 is 0 Å². The smallest absolute Gasteiger partial charge is 0.291 e. The Morgan fingerprint density at radius 3 is 1.00 bits per heavy atom. The summed E-state index contributed by atoms with van der Waals surface area (Å²) in [5, 5.41) is 27.3. The van der Waals surface area contributed by atoms with Crippen LogP contribution in [0.4, 0.5) is 0 Å². The molecule has 8 nitrogen and oxygen atoms in total. The molecule has 9 heavy (non-hydrogen) atoms. The van der Waals surface area contributed by atoms with E-state index in [1.807, 2.05) is 0 Å². The van der Waals surface area contributed by atoms with E-state index < -0.39 is 10.2 Å². The molecule has 9 heteroatoms. The van der Waals surface area contributed by atoms with Crippen molar-refractivity contribution in [1.29, 1.82) is 0 Å². The van der Waals surface area contributed by atoms with Gasteiger partial charge in [0.2, 0.25) is 0 Å². The first-order valence-electron chi connectivity index (χ1n) is 1.13. The SMILES string of the molecule is O=[N+]([O-])O.O=[N+]([O-])O.[Sr]. The summed E-state index contributed by atoms with van der Waals surface area (Å²) < 4.78 is 0. The predicted octanol–water partition coefficient (Wildman–Crippen LogP) is -1.08. The standard InChI is InChI=1S/2HNO3.Sr/c2*2-1(3)4;/h2*(H,2,3,4);. The van der Waals surface area contributed by atoms with Crippen LogP contribution in [0, 0.1) is 20.2 Å². The maximum absolute atomic E-state index is 8.36. The molecule has 0 aromatic heterocycles. The van der Waals surface area contributed by atoms with Crippen LogP contribution in [0.2, 0.25) is 0 Å². The minimum Gasteiger partial charge on any atom is -0.328 e. The third-order valence-corrected chi connectivity index (χ3v) is 0. The molecule has 0 bridgehead atoms. The molecule has 0 amide bonds. The minimum atomic E-state index is -1.50. The molecule has 0 aliphatic heterocycles. The second-order valence-electron chi connectivity index (χ2n) is 0.476. The van der Waals surface area contributed by atoms with Gasteiger partial charge in [0.05, 0.1) is 0 Å². The first kappa shape index (κ1) is 15.9. The first-order chi connectivity index (χ1) is 3.46. The summed E-state index contributed by atoms with van der Waals surface area (Å²) >= 11 is 0. The molecule has 0 saturated heterocycles. The Bertz CT molecular complexity index is 69.1. The van der Waals surface area contributed by atoms with Crippen LogP contribution in [-0.4, -0.2) is 66.1 Å². The molecule has 0 atom stereocenters.